The minimum absolute atomic E-state index is 0.788. The van der Waals surface area contributed by atoms with E-state index in [9.17, 15) is 0 Å². The quantitative estimate of drug-likeness (QED) is 0.602. The highest BCUT2D eigenvalue weighted by Gasteiger charge is 2.08. The minimum atomic E-state index is 0.788. The summed E-state index contributed by atoms with van der Waals surface area (Å²) in [4.78, 5) is 0. The lowest BCUT2D eigenvalue weighted by Crippen LogP contribution is -1.95. The Kier molecular flexibility index (Phi) is 1.65. The summed E-state index contributed by atoms with van der Waals surface area (Å²) >= 11 is 0. The third-order valence-corrected chi connectivity index (χ3v) is 2.50. The van der Waals surface area contributed by atoms with Crippen molar-refractivity contribution in [2.45, 2.75) is 6.92 Å². The average Bonchev–Trinajstić information content (AvgIpc) is 2.83. The molecule has 0 radical (unpaired) electrons. The molecule has 1 aromatic carbocycles. The third-order valence-electron chi connectivity index (χ3n) is 2.50. The zero-order valence-electron chi connectivity index (χ0n) is 8.34. The van der Waals surface area contributed by atoms with E-state index < -0.39 is 0 Å². The van der Waals surface area contributed by atoms with Crippen molar-refractivity contribution in [3.8, 4) is 5.88 Å². The zero-order chi connectivity index (χ0) is 10.3. The van der Waals surface area contributed by atoms with Gasteiger partial charge in [0, 0.05) is 10.9 Å². The highest BCUT2D eigenvalue weighted by molar-refractivity contribution is 5.79. The summed E-state index contributed by atoms with van der Waals surface area (Å²) < 4.78 is 7.24. The first-order valence-electron chi connectivity index (χ1n) is 4.83. The van der Waals surface area contributed by atoms with E-state index >= 15 is 0 Å². The summed E-state index contributed by atoms with van der Waals surface area (Å²) in [7, 11) is 0. The number of benzene rings is 1. The predicted molar refractivity (Wildman–Crippen MR) is 58.1 cm³/mol. The van der Waals surface area contributed by atoms with Gasteiger partial charge >= 0.3 is 0 Å². The molecule has 2 heterocycles. The van der Waals surface area contributed by atoms with Crippen LogP contribution in [0.25, 0.3) is 16.8 Å². The van der Waals surface area contributed by atoms with E-state index in [-0.39, 0.29) is 0 Å². The van der Waals surface area contributed by atoms with Gasteiger partial charge in [-0.15, -0.1) is 0 Å². The number of hydrogen-bond acceptors (Lipinski definition) is 2. The Balaban J connectivity index is 2.32. The number of hydrogen-bond donors (Lipinski definition) is 0. The topological polar surface area (TPSA) is 31.0 Å². The lowest BCUT2D eigenvalue weighted by molar-refractivity contribution is 0.525. The van der Waals surface area contributed by atoms with Crippen molar-refractivity contribution in [1.82, 2.24) is 9.78 Å². The Morgan fingerprint density at radius 3 is 2.87 bits per heavy atom. The third kappa shape index (κ3) is 1.16. The second kappa shape index (κ2) is 2.98. The Hall–Kier alpha value is -2.03. The normalized spacial score (nSPS) is 11.0. The van der Waals surface area contributed by atoms with E-state index in [0.29, 0.717) is 0 Å². The molecule has 3 nitrogen and oxygen atoms in total. The molecule has 2 aromatic heterocycles. The molecular formula is C12H10N2O. The fraction of sp³-hybridized carbons (Fsp3) is 0.0833. The van der Waals surface area contributed by atoms with Crippen LogP contribution in [0.4, 0.5) is 0 Å². The molecule has 0 bridgehead atoms. The number of aromatic nitrogens is 2. The average molecular weight is 198 g/mol. The van der Waals surface area contributed by atoms with Gasteiger partial charge in [0.15, 0.2) is 0 Å². The van der Waals surface area contributed by atoms with Gasteiger partial charge in [0.05, 0.1) is 18.0 Å². The van der Waals surface area contributed by atoms with Crippen molar-refractivity contribution >= 4 is 10.9 Å². The molecule has 0 amide bonds. The smallest absolute Gasteiger partial charge is 0.223 e. The van der Waals surface area contributed by atoms with Gasteiger partial charge in [-0.2, -0.15) is 9.78 Å². The maximum Gasteiger partial charge on any atom is 0.223 e. The SMILES string of the molecule is Cc1ccoc1-n1ncc2ccccc21. The molecule has 0 aliphatic carbocycles. The largest absolute Gasteiger partial charge is 0.446 e. The van der Waals surface area contributed by atoms with Gasteiger partial charge in [0.25, 0.3) is 0 Å². The van der Waals surface area contributed by atoms with Crippen LogP contribution in [0.15, 0.2) is 47.2 Å². The van der Waals surface area contributed by atoms with Gasteiger partial charge in [-0.1, -0.05) is 18.2 Å². The number of rotatable bonds is 1. The second-order valence-corrected chi connectivity index (χ2v) is 3.52. The Bertz CT molecular complexity index is 607. The molecule has 3 rings (SSSR count). The second-order valence-electron chi connectivity index (χ2n) is 3.52. The van der Waals surface area contributed by atoms with Crippen molar-refractivity contribution in [2.24, 2.45) is 0 Å². The molecule has 0 unspecified atom stereocenters. The van der Waals surface area contributed by atoms with Gasteiger partial charge in [0.1, 0.15) is 0 Å². The number of fused-ring (bicyclic) bond motifs is 1. The lowest BCUT2D eigenvalue weighted by atomic mass is 10.2. The predicted octanol–water partition coefficient (Wildman–Crippen LogP) is 2.93. The number of nitrogens with zero attached hydrogens (tertiary/aromatic N) is 2. The number of furan rings is 1. The summed E-state index contributed by atoms with van der Waals surface area (Å²) in [5, 5.41) is 5.44. The van der Waals surface area contributed by atoms with Crippen molar-refractivity contribution in [3.05, 3.63) is 48.4 Å². The Morgan fingerprint density at radius 1 is 1.20 bits per heavy atom. The van der Waals surface area contributed by atoms with Crippen LogP contribution in [0, 0.1) is 6.92 Å². The lowest BCUT2D eigenvalue weighted by Gasteiger charge is -1.99. The molecule has 0 spiro atoms. The molecule has 0 aliphatic heterocycles. The molecule has 0 N–H and O–H groups in total. The maximum atomic E-state index is 5.42. The van der Waals surface area contributed by atoms with E-state index in [0.717, 1.165) is 22.4 Å². The van der Waals surface area contributed by atoms with Crippen molar-refractivity contribution < 1.29 is 4.42 Å². The monoisotopic (exact) mass is 198 g/mol. The first-order valence-corrected chi connectivity index (χ1v) is 4.83. The highest BCUT2D eigenvalue weighted by atomic mass is 16.3. The molecule has 0 atom stereocenters. The highest BCUT2D eigenvalue weighted by Crippen LogP contribution is 2.20. The Labute approximate surface area is 86.9 Å². The van der Waals surface area contributed by atoms with E-state index in [4.69, 9.17) is 4.42 Å². The summed E-state index contributed by atoms with van der Waals surface area (Å²) in [6.45, 7) is 2.01. The summed E-state index contributed by atoms with van der Waals surface area (Å²) in [5.41, 5.74) is 2.15. The van der Waals surface area contributed by atoms with Crippen LogP contribution in [0.2, 0.25) is 0 Å². The summed E-state index contributed by atoms with van der Waals surface area (Å²) in [6.07, 6.45) is 3.53. The molecule has 3 heteroatoms. The van der Waals surface area contributed by atoms with Crippen LogP contribution >= 0.6 is 0 Å². The fourth-order valence-electron chi connectivity index (χ4n) is 1.72. The van der Waals surface area contributed by atoms with Crippen LogP contribution in [0.1, 0.15) is 5.56 Å². The van der Waals surface area contributed by atoms with Crippen LogP contribution in [0.5, 0.6) is 0 Å². The van der Waals surface area contributed by atoms with Gasteiger partial charge in [-0.25, -0.2) is 0 Å². The van der Waals surface area contributed by atoms with Crippen LogP contribution in [-0.4, -0.2) is 9.78 Å². The first-order chi connectivity index (χ1) is 7.36. The van der Waals surface area contributed by atoms with Gasteiger partial charge in [-0.3, -0.25) is 0 Å². The number of aryl methyl sites for hydroxylation is 1. The Morgan fingerprint density at radius 2 is 2.07 bits per heavy atom. The summed E-state index contributed by atoms with van der Waals surface area (Å²) in [5.74, 6) is 0.788. The number of para-hydroxylation sites is 1. The molecule has 3 aromatic rings. The van der Waals surface area contributed by atoms with E-state index in [1.807, 2.05) is 48.1 Å². The van der Waals surface area contributed by atoms with Crippen molar-refractivity contribution in [1.29, 1.82) is 0 Å². The van der Waals surface area contributed by atoms with Crippen molar-refractivity contribution in [3.63, 3.8) is 0 Å². The van der Waals surface area contributed by atoms with E-state index in [1.165, 1.54) is 0 Å². The van der Waals surface area contributed by atoms with Crippen molar-refractivity contribution in [2.75, 3.05) is 0 Å². The van der Waals surface area contributed by atoms with E-state index in [1.54, 1.807) is 6.26 Å². The summed E-state index contributed by atoms with van der Waals surface area (Å²) in [6, 6.07) is 10.0. The first kappa shape index (κ1) is 8.29. The van der Waals surface area contributed by atoms with Gasteiger partial charge in [-0.05, 0) is 19.1 Å². The molecule has 0 saturated carbocycles. The molecule has 0 fully saturated rings. The standard InChI is InChI=1S/C12H10N2O/c1-9-6-7-15-12(9)14-11-5-3-2-4-10(11)8-13-14/h2-8H,1H3. The minimum Gasteiger partial charge on any atom is -0.446 e. The zero-order valence-corrected chi connectivity index (χ0v) is 8.34. The maximum absolute atomic E-state index is 5.42. The van der Waals surface area contributed by atoms with E-state index in [2.05, 4.69) is 5.10 Å². The van der Waals surface area contributed by atoms with Gasteiger partial charge < -0.3 is 4.42 Å². The molecular weight excluding hydrogens is 188 g/mol. The van der Waals surface area contributed by atoms with Gasteiger partial charge in [0.2, 0.25) is 5.88 Å². The fourth-order valence-corrected chi connectivity index (χ4v) is 1.72. The van der Waals surface area contributed by atoms with Crippen LogP contribution in [0.3, 0.4) is 0 Å². The van der Waals surface area contributed by atoms with Crippen LogP contribution in [-0.2, 0) is 0 Å². The molecule has 0 aliphatic rings. The molecule has 15 heavy (non-hydrogen) atoms. The molecule has 74 valence electrons. The van der Waals surface area contributed by atoms with Crippen LogP contribution < -0.4 is 0 Å². The molecule has 0 saturated heterocycles.